The molecule has 0 aliphatic heterocycles. The maximum absolute atomic E-state index is 12.9. The largest absolute Gasteiger partial charge is 0.497 e. The van der Waals surface area contributed by atoms with Crippen LogP contribution in [0.2, 0.25) is 0 Å². The lowest BCUT2D eigenvalue weighted by Gasteiger charge is -2.15. The van der Waals surface area contributed by atoms with Crippen LogP contribution in [0.3, 0.4) is 0 Å². The summed E-state index contributed by atoms with van der Waals surface area (Å²) in [6, 6.07) is 25.9. The number of nitrogens with one attached hydrogen (secondary N) is 2. The maximum Gasteiger partial charge on any atom is 0.265 e. The summed E-state index contributed by atoms with van der Waals surface area (Å²) in [6.07, 6.45) is -0.774. The molecule has 0 bridgehead atoms. The number of carbonyl (C=O) groups excluding carboxylic acids is 1. The molecule has 0 heterocycles. The van der Waals surface area contributed by atoms with E-state index in [1.54, 1.807) is 50.4 Å². The monoisotopic (exact) mass is 476 g/mol. The summed E-state index contributed by atoms with van der Waals surface area (Å²) in [5.41, 5.74) is 0.953. The quantitative estimate of drug-likeness (QED) is 0.371. The Morgan fingerprint density at radius 2 is 1.53 bits per heavy atom. The van der Waals surface area contributed by atoms with Crippen LogP contribution >= 0.6 is 0 Å². The first-order valence-corrected chi connectivity index (χ1v) is 12.1. The lowest BCUT2D eigenvalue weighted by atomic mass is 10.1. The second-order valence-electron chi connectivity index (χ2n) is 7.58. The zero-order valence-corrected chi connectivity index (χ0v) is 19.5. The number of rotatable bonds is 8. The van der Waals surface area contributed by atoms with Crippen molar-refractivity contribution in [1.82, 2.24) is 0 Å². The minimum Gasteiger partial charge on any atom is -0.497 e. The van der Waals surface area contributed by atoms with Crippen molar-refractivity contribution in [2.75, 3.05) is 17.1 Å². The number of carbonyl (C=O) groups is 1. The molecule has 0 aliphatic rings. The number of methoxy groups -OCH3 is 1. The van der Waals surface area contributed by atoms with Crippen LogP contribution in [0.25, 0.3) is 10.8 Å². The molecule has 0 fully saturated rings. The molecule has 7 nitrogen and oxygen atoms in total. The fourth-order valence-corrected chi connectivity index (χ4v) is 4.49. The van der Waals surface area contributed by atoms with Gasteiger partial charge in [-0.2, -0.15) is 0 Å². The molecule has 1 atom stereocenters. The second-order valence-corrected chi connectivity index (χ2v) is 9.27. The Bertz CT molecular complexity index is 1410. The van der Waals surface area contributed by atoms with E-state index in [0.29, 0.717) is 22.9 Å². The van der Waals surface area contributed by atoms with E-state index in [1.165, 1.54) is 24.3 Å². The first kappa shape index (κ1) is 23.1. The van der Waals surface area contributed by atoms with Crippen LogP contribution in [0, 0.1) is 0 Å². The lowest BCUT2D eigenvalue weighted by Crippen LogP contribution is -2.30. The first-order valence-electron chi connectivity index (χ1n) is 10.6. The number of hydrogen-bond donors (Lipinski definition) is 2. The van der Waals surface area contributed by atoms with Crippen LogP contribution in [0.5, 0.6) is 11.5 Å². The molecule has 0 saturated heterocycles. The van der Waals surface area contributed by atoms with Gasteiger partial charge in [0.25, 0.3) is 15.9 Å². The van der Waals surface area contributed by atoms with E-state index in [1.807, 2.05) is 30.3 Å². The summed E-state index contributed by atoms with van der Waals surface area (Å²) >= 11 is 0. The van der Waals surface area contributed by atoms with Gasteiger partial charge < -0.3 is 14.8 Å². The molecular weight excluding hydrogens is 452 g/mol. The number of sulfonamides is 1. The highest BCUT2D eigenvalue weighted by Gasteiger charge is 2.18. The fraction of sp³-hybridized carbons (Fsp3) is 0.115. The highest BCUT2D eigenvalue weighted by atomic mass is 32.2. The standard InChI is InChI=1S/C26H24N2O5S/c1-18(33-22-10-6-9-21(17-22)32-2)26(29)27-20-13-15-23(16-14-20)34(30,31)28-25-12-5-8-19-7-3-4-11-24(19)25/h3-18,28H,1-2H3,(H,27,29)/t18-/m0/s1. The van der Waals surface area contributed by atoms with Crippen LogP contribution < -0.4 is 19.5 Å². The molecule has 0 radical (unpaired) electrons. The molecule has 4 aromatic rings. The average Bonchev–Trinajstić information content (AvgIpc) is 2.84. The van der Waals surface area contributed by atoms with Gasteiger partial charge in [-0.25, -0.2) is 8.42 Å². The number of benzene rings is 4. The summed E-state index contributed by atoms with van der Waals surface area (Å²) in [5.74, 6) is 0.759. The van der Waals surface area contributed by atoms with Gasteiger partial charge in [0.15, 0.2) is 6.10 Å². The molecule has 8 heteroatoms. The third kappa shape index (κ3) is 5.29. The molecular formula is C26H24N2O5S. The van der Waals surface area contributed by atoms with Crippen molar-refractivity contribution in [2.24, 2.45) is 0 Å². The molecule has 0 spiro atoms. The highest BCUT2D eigenvalue weighted by molar-refractivity contribution is 7.92. The third-order valence-electron chi connectivity index (χ3n) is 5.19. The lowest BCUT2D eigenvalue weighted by molar-refractivity contribution is -0.122. The van der Waals surface area contributed by atoms with Crippen LogP contribution in [0.4, 0.5) is 11.4 Å². The third-order valence-corrected chi connectivity index (χ3v) is 6.57. The van der Waals surface area contributed by atoms with Gasteiger partial charge in [0.2, 0.25) is 0 Å². The zero-order valence-electron chi connectivity index (χ0n) is 18.7. The van der Waals surface area contributed by atoms with Gasteiger partial charge in [0, 0.05) is 17.1 Å². The van der Waals surface area contributed by atoms with Gasteiger partial charge in [-0.1, -0.05) is 42.5 Å². The first-order chi connectivity index (χ1) is 16.4. The predicted octanol–water partition coefficient (Wildman–Crippen LogP) is 5.06. The van der Waals surface area contributed by atoms with E-state index >= 15 is 0 Å². The molecule has 2 N–H and O–H groups in total. The molecule has 0 aromatic heterocycles. The predicted molar refractivity (Wildman–Crippen MR) is 133 cm³/mol. The number of fused-ring (bicyclic) bond motifs is 1. The Hall–Kier alpha value is -4.04. The van der Waals surface area contributed by atoms with Gasteiger partial charge in [-0.15, -0.1) is 0 Å². The van der Waals surface area contributed by atoms with Crippen molar-refractivity contribution in [3.63, 3.8) is 0 Å². The normalized spacial score (nSPS) is 12.1. The highest BCUT2D eigenvalue weighted by Crippen LogP contribution is 2.26. The molecule has 0 saturated carbocycles. The van der Waals surface area contributed by atoms with Gasteiger partial charge in [-0.05, 0) is 54.8 Å². The van der Waals surface area contributed by atoms with Crippen LogP contribution in [0.15, 0.2) is 95.9 Å². The fourth-order valence-electron chi connectivity index (χ4n) is 3.41. The summed E-state index contributed by atoms with van der Waals surface area (Å²) in [4.78, 5) is 12.6. The number of ether oxygens (including phenoxy) is 2. The number of hydrogen-bond acceptors (Lipinski definition) is 5. The number of anilines is 2. The van der Waals surface area contributed by atoms with E-state index in [2.05, 4.69) is 10.0 Å². The zero-order chi connectivity index (χ0) is 24.1. The van der Waals surface area contributed by atoms with Crippen molar-refractivity contribution < 1.29 is 22.7 Å². The van der Waals surface area contributed by atoms with Crippen molar-refractivity contribution in [3.05, 3.63) is 91.0 Å². The molecule has 34 heavy (non-hydrogen) atoms. The minimum atomic E-state index is -3.81. The molecule has 174 valence electrons. The molecule has 0 unspecified atom stereocenters. The topological polar surface area (TPSA) is 93.7 Å². The van der Waals surface area contributed by atoms with Crippen molar-refractivity contribution in [3.8, 4) is 11.5 Å². The molecule has 4 aromatic carbocycles. The smallest absolute Gasteiger partial charge is 0.265 e. The Morgan fingerprint density at radius 1 is 0.853 bits per heavy atom. The summed E-state index contributed by atoms with van der Waals surface area (Å²) in [6.45, 7) is 1.63. The Balaban J connectivity index is 1.43. The van der Waals surface area contributed by atoms with E-state index in [-0.39, 0.29) is 10.8 Å². The summed E-state index contributed by atoms with van der Waals surface area (Å²) in [7, 11) is -2.26. The summed E-state index contributed by atoms with van der Waals surface area (Å²) < 4.78 is 39.3. The maximum atomic E-state index is 12.9. The summed E-state index contributed by atoms with van der Waals surface area (Å²) in [5, 5.41) is 4.48. The van der Waals surface area contributed by atoms with Crippen molar-refractivity contribution in [2.45, 2.75) is 17.9 Å². The van der Waals surface area contributed by atoms with Gasteiger partial charge in [-0.3, -0.25) is 9.52 Å². The Labute approximate surface area is 198 Å². The van der Waals surface area contributed by atoms with E-state index in [9.17, 15) is 13.2 Å². The van der Waals surface area contributed by atoms with Crippen LogP contribution in [-0.2, 0) is 14.8 Å². The van der Waals surface area contributed by atoms with Crippen LogP contribution in [0.1, 0.15) is 6.92 Å². The van der Waals surface area contributed by atoms with Crippen molar-refractivity contribution in [1.29, 1.82) is 0 Å². The SMILES string of the molecule is COc1cccc(O[C@@H](C)C(=O)Nc2ccc(S(=O)(=O)Nc3cccc4ccccc34)cc2)c1. The Morgan fingerprint density at radius 3 is 2.29 bits per heavy atom. The van der Waals surface area contributed by atoms with Gasteiger partial charge in [0.1, 0.15) is 11.5 Å². The molecule has 0 aliphatic carbocycles. The van der Waals surface area contributed by atoms with Gasteiger partial charge in [0.05, 0.1) is 17.7 Å². The van der Waals surface area contributed by atoms with E-state index in [0.717, 1.165) is 10.8 Å². The second kappa shape index (κ2) is 9.84. The molecule has 1 amide bonds. The van der Waals surface area contributed by atoms with E-state index < -0.39 is 16.1 Å². The number of amides is 1. The van der Waals surface area contributed by atoms with Crippen LogP contribution in [-0.4, -0.2) is 27.5 Å². The Kier molecular flexibility index (Phi) is 6.70. The van der Waals surface area contributed by atoms with E-state index in [4.69, 9.17) is 9.47 Å². The minimum absolute atomic E-state index is 0.0825. The van der Waals surface area contributed by atoms with Crippen molar-refractivity contribution >= 4 is 38.1 Å². The average molecular weight is 477 g/mol. The molecule has 4 rings (SSSR count). The van der Waals surface area contributed by atoms with Gasteiger partial charge >= 0.3 is 0 Å².